The van der Waals surface area contributed by atoms with E-state index in [1.165, 1.54) is 12.5 Å². The number of nitrogens with zero attached hydrogens (tertiary/aromatic N) is 1. The van der Waals surface area contributed by atoms with Gasteiger partial charge in [0.05, 0.1) is 24.9 Å². The number of aliphatic hydroxyl groups is 1. The summed E-state index contributed by atoms with van der Waals surface area (Å²) in [4.78, 5) is 67.5. The summed E-state index contributed by atoms with van der Waals surface area (Å²) in [5.41, 5.74) is 17.2. The number of carboxylic acid groups (broad SMARTS) is 1. The van der Waals surface area contributed by atoms with Gasteiger partial charge in [-0.1, -0.05) is 0 Å². The van der Waals surface area contributed by atoms with Crippen molar-refractivity contribution in [3.05, 3.63) is 18.2 Å². The zero-order chi connectivity index (χ0) is 26.5. The molecule has 5 atom stereocenters. The Bertz CT molecular complexity index is 862. The second-order valence-electron chi connectivity index (χ2n) is 8.03. The number of nitrogens with one attached hydrogen (secondary N) is 4. The van der Waals surface area contributed by atoms with E-state index in [0.717, 1.165) is 6.92 Å². The van der Waals surface area contributed by atoms with Crippen molar-refractivity contribution in [2.24, 2.45) is 17.2 Å². The Labute approximate surface area is 201 Å². The van der Waals surface area contributed by atoms with Gasteiger partial charge in [-0.15, -0.1) is 0 Å². The van der Waals surface area contributed by atoms with Crippen molar-refractivity contribution in [2.45, 2.75) is 69.3 Å². The number of aromatic nitrogens is 2. The minimum absolute atomic E-state index is 0.131. The summed E-state index contributed by atoms with van der Waals surface area (Å²) in [7, 11) is 0. The first-order valence-corrected chi connectivity index (χ1v) is 11.0. The fourth-order valence-corrected chi connectivity index (χ4v) is 3.09. The fourth-order valence-electron chi connectivity index (χ4n) is 3.09. The smallest absolute Gasteiger partial charge is 0.328 e. The van der Waals surface area contributed by atoms with Crippen LogP contribution in [-0.4, -0.2) is 86.6 Å². The van der Waals surface area contributed by atoms with Gasteiger partial charge >= 0.3 is 5.97 Å². The minimum Gasteiger partial charge on any atom is -0.480 e. The lowest BCUT2D eigenvalue weighted by Crippen LogP contribution is -2.59. The highest BCUT2D eigenvalue weighted by molar-refractivity contribution is 5.96. The van der Waals surface area contributed by atoms with Gasteiger partial charge in [-0.3, -0.25) is 19.2 Å². The first-order valence-electron chi connectivity index (χ1n) is 11.0. The van der Waals surface area contributed by atoms with Crippen molar-refractivity contribution in [2.75, 3.05) is 6.54 Å². The third kappa shape index (κ3) is 10.5. The number of hydrogen-bond acceptors (Lipinski definition) is 9. The lowest BCUT2D eigenvalue weighted by molar-refractivity contribution is -0.145. The van der Waals surface area contributed by atoms with Crippen LogP contribution in [0.3, 0.4) is 0 Å². The van der Waals surface area contributed by atoms with E-state index in [-0.39, 0.29) is 12.8 Å². The number of nitrogens with two attached hydrogens (primary N) is 3. The van der Waals surface area contributed by atoms with E-state index < -0.39 is 66.3 Å². The van der Waals surface area contributed by atoms with Crippen LogP contribution in [0.1, 0.15) is 38.3 Å². The van der Waals surface area contributed by atoms with Crippen molar-refractivity contribution in [1.82, 2.24) is 25.9 Å². The van der Waals surface area contributed by atoms with E-state index in [1.54, 1.807) is 0 Å². The van der Waals surface area contributed by atoms with Crippen molar-refractivity contribution in [1.29, 1.82) is 0 Å². The topological polar surface area (TPSA) is 269 Å². The minimum atomic E-state index is -1.68. The number of carboxylic acids is 1. The average Bonchev–Trinajstić information content (AvgIpc) is 3.28. The lowest BCUT2D eigenvalue weighted by atomic mass is 10.1. The number of hydrogen-bond donors (Lipinski definition) is 9. The van der Waals surface area contributed by atoms with Gasteiger partial charge in [0.15, 0.2) is 6.04 Å². The van der Waals surface area contributed by atoms with Crippen molar-refractivity contribution in [3.8, 4) is 0 Å². The Morgan fingerprint density at radius 2 is 1.69 bits per heavy atom. The Morgan fingerprint density at radius 1 is 1.06 bits per heavy atom. The van der Waals surface area contributed by atoms with E-state index >= 15 is 0 Å². The first kappa shape index (κ1) is 29.5. The number of aliphatic hydroxyl groups excluding tert-OH is 1. The predicted molar refractivity (Wildman–Crippen MR) is 122 cm³/mol. The number of aromatic amines is 1. The van der Waals surface area contributed by atoms with E-state index in [9.17, 15) is 29.1 Å². The number of amides is 4. The summed E-state index contributed by atoms with van der Waals surface area (Å²) < 4.78 is 0. The van der Waals surface area contributed by atoms with Crippen LogP contribution in [0.25, 0.3) is 0 Å². The summed E-state index contributed by atoms with van der Waals surface area (Å²) in [5, 5.41) is 25.6. The monoisotopic (exact) mass is 498 g/mol. The molecule has 0 aliphatic carbocycles. The third-order valence-corrected chi connectivity index (χ3v) is 5.00. The normalized spacial score (nSPS) is 15.2. The van der Waals surface area contributed by atoms with Crippen molar-refractivity contribution >= 4 is 29.6 Å². The number of unbranched alkanes of at least 4 members (excludes halogenated alkanes) is 1. The molecule has 1 aromatic rings. The second-order valence-corrected chi connectivity index (χ2v) is 8.03. The predicted octanol–water partition coefficient (Wildman–Crippen LogP) is -3.80. The van der Waals surface area contributed by atoms with E-state index in [0.29, 0.717) is 25.1 Å². The summed E-state index contributed by atoms with van der Waals surface area (Å²) in [6.45, 7) is 1.50. The van der Waals surface area contributed by atoms with Gasteiger partial charge in [-0.25, -0.2) is 9.78 Å². The highest BCUT2D eigenvalue weighted by atomic mass is 16.4. The summed E-state index contributed by atoms with van der Waals surface area (Å²) in [6, 6.07) is -5.37. The highest BCUT2D eigenvalue weighted by Gasteiger charge is 2.32. The number of aliphatic carboxylic acids is 1. The molecular weight excluding hydrogens is 464 g/mol. The maximum atomic E-state index is 13.0. The summed E-state index contributed by atoms with van der Waals surface area (Å²) in [6.07, 6.45) is 2.13. The average molecular weight is 499 g/mol. The molecule has 0 aliphatic rings. The van der Waals surface area contributed by atoms with Crippen LogP contribution in [-0.2, 0) is 30.4 Å². The summed E-state index contributed by atoms with van der Waals surface area (Å²) in [5.74, 6) is -4.96. The van der Waals surface area contributed by atoms with Gasteiger partial charge in [-0.2, -0.15) is 0 Å². The van der Waals surface area contributed by atoms with Crippen molar-refractivity contribution < 1.29 is 34.2 Å². The van der Waals surface area contributed by atoms with Crippen molar-refractivity contribution in [3.63, 3.8) is 0 Å². The molecule has 0 spiro atoms. The van der Waals surface area contributed by atoms with E-state index in [1.807, 2.05) is 0 Å². The molecule has 0 saturated heterocycles. The molecule has 0 aromatic carbocycles. The Hall–Kier alpha value is -3.56. The Balaban J connectivity index is 2.95. The summed E-state index contributed by atoms with van der Waals surface area (Å²) >= 11 is 0. The van der Waals surface area contributed by atoms with Crippen LogP contribution >= 0.6 is 0 Å². The molecule has 4 amide bonds. The molecule has 0 fully saturated rings. The molecule has 0 bridgehead atoms. The molecule has 35 heavy (non-hydrogen) atoms. The third-order valence-electron chi connectivity index (χ3n) is 5.00. The molecule has 12 N–H and O–H groups in total. The molecule has 1 aromatic heterocycles. The van der Waals surface area contributed by atoms with E-state index in [2.05, 4.69) is 25.9 Å². The van der Waals surface area contributed by atoms with Gasteiger partial charge in [0.25, 0.3) is 0 Å². The van der Waals surface area contributed by atoms with Crippen LogP contribution < -0.4 is 33.2 Å². The molecule has 0 saturated carbocycles. The molecule has 0 aliphatic heterocycles. The molecule has 5 unspecified atom stereocenters. The Kier molecular flexibility index (Phi) is 12.3. The molecule has 15 heteroatoms. The van der Waals surface area contributed by atoms with Crippen LogP contribution in [0.4, 0.5) is 0 Å². The molecule has 15 nitrogen and oxygen atoms in total. The number of rotatable bonds is 16. The van der Waals surface area contributed by atoms with Gasteiger partial charge in [0.2, 0.25) is 23.6 Å². The largest absolute Gasteiger partial charge is 0.480 e. The molecule has 1 rings (SSSR count). The molecule has 1 heterocycles. The fraction of sp³-hybridized carbons (Fsp3) is 0.600. The zero-order valence-electron chi connectivity index (χ0n) is 19.4. The first-order chi connectivity index (χ1) is 16.5. The van der Waals surface area contributed by atoms with Crippen LogP contribution in [0, 0.1) is 0 Å². The van der Waals surface area contributed by atoms with Gasteiger partial charge < -0.3 is 48.3 Å². The number of carbonyl (C=O) groups is 5. The standard InChI is InChI=1S/C20H34N8O7/c1-10(29)16(20(34)35)28-19(33)14(7-15(23)30)27-18(32)13(4-2-3-5-21)26-17(31)12(22)6-11-8-24-9-25-11/h8-10,12-14,16,29H,2-7,21-22H2,1H3,(H2,23,30)(H,24,25)(H,26,31)(H,27,32)(H,28,33)(H,34,35). The molecular formula is C20H34N8O7. The lowest BCUT2D eigenvalue weighted by Gasteiger charge is -2.25. The number of imidazole rings is 1. The van der Waals surface area contributed by atoms with Gasteiger partial charge in [0, 0.05) is 18.3 Å². The van der Waals surface area contributed by atoms with Crippen LogP contribution in [0.15, 0.2) is 12.5 Å². The number of H-pyrrole nitrogens is 1. The number of primary amides is 1. The van der Waals surface area contributed by atoms with Crippen LogP contribution in [0.2, 0.25) is 0 Å². The van der Waals surface area contributed by atoms with Gasteiger partial charge in [0.1, 0.15) is 12.1 Å². The highest BCUT2D eigenvalue weighted by Crippen LogP contribution is 2.05. The maximum absolute atomic E-state index is 13.0. The number of carbonyl (C=O) groups excluding carboxylic acids is 4. The maximum Gasteiger partial charge on any atom is 0.328 e. The second kappa shape index (κ2) is 14.6. The van der Waals surface area contributed by atoms with Gasteiger partial charge in [-0.05, 0) is 32.7 Å². The SMILES string of the molecule is CC(O)C(NC(=O)C(CC(N)=O)NC(=O)C(CCCCN)NC(=O)C(N)Cc1cnc[nH]1)C(=O)O. The quantitative estimate of drug-likeness (QED) is 0.100. The van der Waals surface area contributed by atoms with E-state index in [4.69, 9.17) is 22.3 Å². The van der Waals surface area contributed by atoms with Crippen LogP contribution in [0.5, 0.6) is 0 Å². The molecule has 196 valence electrons. The Morgan fingerprint density at radius 3 is 2.20 bits per heavy atom. The zero-order valence-corrected chi connectivity index (χ0v) is 19.4. The molecule has 0 radical (unpaired) electrons.